The molecule has 4 nitrogen and oxygen atoms in total. The van der Waals surface area contributed by atoms with Gasteiger partial charge in [0, 0.05) is 12.1 Å². The first-order valence-corrected chi connectivity index (χ1v) is 6.32. The Balaban J connectivity index is 2.18. The number of rotatable bonds is 5. The molecule has 17 heavy (non-hydrogen) atoms. The van der Waals surface area contributed by atoms with Crippen LogP contribution in [0.15, 0.2) is 24.3 Å². The van der Waals surface area contributed by atoms with Crippen LogP contribution in [0.4, 0.5) is 0 Å². The fraction of sp³-hybridized carbons (Fsp3) is 0.333. The van der Waals surface area contributed by atoms with Gasteiger partial charge in [-0.1, -0.05) is 30.4 Å². The van der Waals surface area contributed by atoms with E-state index in [0.29, 0.717) is 0 Å². The lowest BCUT2D eigenvalue weighted by Gasteiger charge is -2.00. The Morgan fingerprint density at radius 3 is 3.00 bits per heavy atom. The summed E-state index contributed by atoms with van der Waals surface area (Å²) in [6.07, 6.45) is 0. The average molecular weight is 249 g/mol. The number of nitrogens with one attached hydrogen (secondary N) is 1. The van der Waals surface area contributed by atoms with Crippen LogP contribution in [0.5, 0.6) is 5.75 Å². The summed E-state index contributed by atoms with van der Waals surface area (Å²) in [6.45, 7) is 3.79. The largest absolute Gasteiger partial charge is 0.497 e. The lowest BCUT2D eigenvalue weighted by molar-refractivity contribution is 0.415. The van der Waals surface area contributed by atoms with Crippen molar-refractivity contribution in [2.45, 2.75) is 13.5 Å². The van der Waals surface area contributed by atoms with Crippen molar-refractivity contribution in [2.24, 2.45) is 0 Å². The molecule has 1 aromatic heterocycles. The van der Waals surface area contributed by atoms with E-state index in [1.165, 1.54) is 0 Å². The minimum Gasteiger partial charge on any atom is -0.497 e. The Hall–Kier alpha value is -1.46. The Morgan fingerprint density at radius 1 is 1.35 bits per heavy atom. The standard InChI is InChI=1S/C12H15N3OS/c1-3-13-8-11-14-15-12(17-11)9-5-4-6-10(7-9)16-2/h4-7,13H,3,8H2,1-2H3. The molecule has 1 heterocycles. The van der Waals surface area contributed by atoms with E-state index in [4.69, 9.17) is 4.74 Å². The molecular formula is C12H15N3OS. The highest BCUT2D eigenvalue weighted by Crippen LogP contribution is 2.26. The molecule has 90 valence electrons. The Labute approximate surface area is 105 Å². The van der Waals surface area contributed by atoms with Gasteiger partial charge in [-0.15, -0.1) is 10.2 Å². The minimum atomic E-state index is 0.776. The third-order valence-corrected chi connectivity index (χ3v) is 3.28. The fourth-order valence-corrected chi connectivity index (χ4v) is 2.24. The first-order valence-electron chi connectivity index (χ1n) is 5.51. The predicted molar refractivity (Wildman–Crippen MR) is 69.3 cm³/mol. The summed E-state index contributed by atoms with van der Waals surface area (Å²) in [6, 6.07) is 7.86. The van der Waals surface area contributed by atoms with Gasteiger partial charge in [-0.05, 0) is 18.7 Å². The van der Waals surface area contributed by atoms with Gasteiger partial charge in [0.25, 0.3) is 0 Å². The number of benzene rings is 1. The molecule has 2 rings (SSSR count). The first kappa shape index (κ1) is 12.0. The van der Waals surface area contributed by atoms with Gasteiger partial charge in [-0.25, -0.2) is 0 Å². The zero-order valence-electron chi connectivity index (χ0n) is 9.93. The van der Waals surface area contributed by atoms with Crippen molar-refractivity contribution in [3.05, 3.63) is 29.3 Å². The number of ether oxygens (including phenoxy) is 1. The first-order chi connectivity index (χ1) is 8.33. The van der Waals surface area contributed by atoms with Crippen LogP contribution in [-0.2, 0) is 6.54 Å². The molecular weight excluding hydrogens is 234 g/mol. The number of methoxy groups -OCH3 is 1. The van der Waals surface area contributed by atoms with E-state index in [9.17, 15) is 0 Å². The molecule has 5 heteroatoms. The van der Waals surface area contributed by atoms with Gasteiger partial charge in [0.2, 0.25) is 0 Å². The van der Waals surface area contributed by atoms with Gasteiger partial charge in [0.05, 0.1) is 7.11 Å². The molecule has 0 bridgehead atoms. The molecule has 0 spiro atoms. The predicted octanol–water partition coefficient (Wildman–Crippen LogP) is 2.32. The normalized spacial score (nSPS) is 10.5. The summed E-state index contributed by atoms with van der Waals surface area (Å²) in [5.74, 6) is 0.839. The van der Waals surface area contributed by atoms with E-state index >= 15 is 0 Å². The monoisotopic (exact) mass is 249 g/mol. The summed E-state index contributed by atoms with van der Waals surface area (Å²) in [4.78, 5) is 0. The molecule has 0 fully saturated rings. The van der Waals surface area contributed by atoms with Crippen LogP contribution in [0.25, 0.3) is 10.6 Å². The van der Waals surface area contributed by atoms with Crippen LogP contribution in [0, 0.1) is 0 Å². The van der Waals surface area contributed by atoms with Crippen molar-refractivity contribution < 1.29 is 4.74 Å². The molecule has 0 amide bonds. The third kappa shape index (κ3) is 3.01. The van der Waals surface area contributed by atoms with E-state index in [1.807, 2.05) is 24.3 Å². The van der Waals surface area contributed by atoms with Crippen molar-refractivity contribution in [1.82, 2.24) is 15.5 Å². The van der Waals surface area contributed by atoms with Crippen LogP contribution in [0.3, 0.4) is 0 Å². The molecule has 0 atom stereocenters. The van der Waals surface area contributed by atoms with Crippen molar-refractivity contribution in [2.75, 3.05) is 13.7 Å². The highest BCUT2D eigenvalue weighted by Gasteiger charge is 2.06. The Kier molecular flexibility index (Phi) is 4.06. The third-order valence-electron chi connectivity index (χ3n) is 2.31. The zero-order valence-corrected chi connectivity index (χ0v) is 10.8. The number of aromatic nitrogens is 2. The van der Waals surface area contributed by atoms with E-state index in [-0.39, 0.29) is 0 Å². The van der Waals surface area contributed by atoms with Crippen LogP contribution >= 0.6 is 11.3 Å². The summed E-state index contributed by atoms with van der Waals surface area (Å²) in [5.41, 5.74) is 1.05. The van der Waals surface area contributed by atoms with Crippen LogP contribution < -0.4 is 10.1 Å². The van der Waals surface area contributed by atoms with Gasteiger partial charge in [-0.3, -0.25) is 0 Å². The zero-order chi connectivity index (χ0) is 12.1. The average Bonchev–Trinajstić information content (AvgIpc) is 2.85. The fourth-order valence-electron chi connectivity index (χ4n) is 1.43. The molecule has 1 aromatic carbocycles. The smallest absolute Gasteiger partial charge is 0.147 e. The molecule has 1 N–H and O–H groups in total. The van der Waals surface area contributed by atoms with Gasteiger partial charge in [-0.2, -0.15) is 0 Å². The number of hydrogen-bond acceptors (Lipinski definition) is 5. The summed E-state index contributed by atoms with van der Waals surface area (Å²) in [7, 11) is 1.66. The molecule has 0 aliphatic carbocycles. The second-order valence-corrected chi connectivity index (χ2v) is 4.58. The SMILES string of the molecule is CCNCc1nnc(-c2cccc(OC)c2)s1. The molecule has 0 saturated carbocycles. The molecule has 0 radical (unpaired) electrons. The quantitative estimate of drug-likeness (QED) is 0.883. The Bertz CT molecular complexity index is 484. The van der Waals surface area contributed by atoms with Gasteiger partial charge in [0.15, 0.2) is 0 Å². The van der Waals surface area contributed by atoms with Crippen LogP contribution in [0.1, 0.15) is 11.9 Å². The Morgan fingerprint density at radius 2 is 2.24 bits per heavy atom. The summed E-state index contributed by atoms with van der Waals surface area (Å²) < 4.78 is 5.19. The number of nitrogens with zero attached hydrogens (tertiary/aromatic N) is 2. The van der Waals surface area contributed by atoms with Crippen molar-refractivity contribution >= 4 is 11.3 Å². The van der Waals surface area contributed by atoms with Crippen LogP contribution in [0.2, 0.25) is 0 Å². The maximum absolute atomic E-state index is 5.19. The summed E-state index contributed by atoms with van der Waals surface area (Å²) >= 11 is 1.60. The van der Waals surface area contributed by atoms with E-state index < -0.39 is 0 Å². The van der Waals surface area contributed by atoms with Gasteiger partial charge >= 0.3 is 0 Å². The second-order valence-electron chi connectivity index (χ2n) is 3.51. The lowest BCUT2D eigenvalue weighted by Crippen LogP contribution is -2.11. The van der Waals surface area contributed by atoms with Crippen molar-refractivity contribution in [3.8, 4) is 16.3 Å². The topological polar surface area (TPSA) is 47.0 Å². The van der Waals surface area contributed by atoms with E-state index in [2.05, 4.69) is 22.4 Å². The molecule has 0 aliphatic heterocycles. The minimum absolute atomic E-state index is 0.776. The van der Waals surface area contributed by atoms with Crippen molar-refractivity contribution in [3.63, 3.8) is 0 Å². The van der Waals surface area contributed by atoms with Gasteiger partial charge in [0.1, 0.15) is 15.8 Å². The maximum Gasteiger partial charge on any atom is 0.147 e. The maximum atomic E-state index is 5.19. The van der Waals surface area contributed by atoms with E-state index in [1.54, 1.807) is 18.4 Å². The molecule has 2 aromatic rings. The van der Waals surface area contributed by atoms with E-state index in [0.717, 1.165) is 34.4 Å². The lowest BCUT2D eigenvalue weighted by atomic mass is 10.2. The number of hydrogen-bond donors (Lipinski definition) is 1. The second kappa shape index (κ2) is 5.75. The summed E-state index contributed by atoms with van der Waals surface area (Å²) in [5, 5.41) is 13.5. The van der Waals surface area contributed by atoms with Crippen LogP contribution in [-0.4, -0.2) is 23.9 Å². The highest BCUT2D eigenvalue weighted by atomic mass is 32.1. The molecule has 0 unspecified atom stereocenters. The van der Waals surface area contributed by atoms with Crippen molar-refractivity contribution in [1.29, 1.82) is 0 Å². The van der Waals surface area contributed by atoms with Gasteiger partial charge < -0.3 is 10.1 Å². The molecule has 0 saturated heterocycles. The molecule has 0 aliphatic rings. The highest BCUT2D eigenvalue weighted by molar-refractivity contribution is 7.14.